The summed E-state index contributed by atoms with van der Waals surface area (Å²) in [6.07, 6.45) is 2.84. The summed E-state index contributed by atoms with van der Waals surface area (Å²) in [5.74, 6) is -5.19. The molecule has 0 saturated heterocycles. The Bertz CT molecular complexity index is 1590. The zero-order chi connectivity index (χ0) is 35.9. The summed E-state index contributed by atoms with van der Waals surface area (Å²) < 4.78 is 0. The number of amides is 5. The number of rotatable bonds is 18. The molecule has 262 valence electrons. The molecule has 0 aliphatic carbocycles. The van der Waals surface area contributed by atoms with E-state index in [4.69, 9.17) is 10.8 Å². The van der Waals surface area contributed by atoms with Crippen LogP contribution in [0.5, 0.6) is 11.5 Å². The first-order chi connectivity index (χ1) is 23.3. The van der Waals surface area contributed by atoms with Crippen molar-refractivity contribution in [2.24, 2.45) is 5.73 Å². The molecule has 1 aromatic heterocycles. The van der Waals surface area contributed by atoms with Crippen molar-refractivity contribution >= 4 is 48.1 Å². The van der Waals surface area contributed by atoms with E-state index in [1.54, 1.807) is 12.1 Å². The molecular formula is C31H38N8O9S. The first-order valence-corrected chi connectivity index (χ1v) is 15.5. The first kappa shape index (κ1) is 37.8. The van der Waals surface area contributed by atoms with Gasteiger partial charge in [0, 0.05) is 30.5 Å². The number of aromatic amines is 1. The molecule has 4 atom stereocenters. The molecule has 3 rings (SSSR count). The van der Waals surface area contributed by atoms with Crippen LogP contribution in [0.25, 0.3) is 0 Å². The zero-order valence-electron chi connectivity index (χ0n) is 26.1. The van der Waals surface area contributed by atoms with Gasteiger partial charge in [-0.3, -0.25) is 24.0 Å². The average Bonchev–Trinajstić information content (AvgIpc) is 3.59. The normalized spacial score (nSPS) is 13.2. The van der Waals surface area contributed by atoms with Crippen LogP contribution in [0, 0.1) is 0 Å². The van der Waals surface area contributed by atoms with Crippen molar-refractivity contribution in [3.8, 4) is 11.5 Å². The number of thiol groups is 1. The Morgan fingerprint density at radius 3 is 1.82 bits per heavy atom. The largest absolute Gasteiger partial charge is 0.508 e. The number of imidazole rings is 1. The number of nitrogens with one attached hydrogen (secondary N) is 6. The van der Waals surface area contributed by atoms with Crippen molar-refractivity contribution in [3.63, 3.8) is 0 Å². The highest BCUT2D eigenvalue weighted by Gasteiger charge is 2.29. The molecule has 0 spiro atoms. The minimum atomic E-state index is -1.30. The molecule has 49 heavy (non-hydrogen) atoms. The lowest BCUT2D eigenvalue weighted by atomic mass is 10.0. The molecule has 0 unspecified atom stereocenters. The Hall–Kier alpha value is -5.62. The third-order valence-electron chi connectivity index (χ3n) is 7.03. The lowest BCUT2D eigenvalue weighted by Gasteiger charge is -2.24. The van der Waals surface area contributed by atoms with Crippen LogP contribution >= 0.6 is 12.6 Å². The number of H-pyrrole nitrogens is 1. The van der Waals surface area contributed by atoms with Crippen LogP contribution in [0.15, 0.2) is 61.1 Å². The topological polar surface area (TPSA) is 278 Å². The number of carboxylic acids is 1. The van der Waals surface area contributed by atoms with Crippen LogP contribution in [-0.4, -0.2) is 104 Å². The van der Waals surface area contributed by atoms with Gasteiger partial charge < -0.3 is 52.6 Å². The fraction of sp³-hybridized carbons (Fsp3) is 0.323. The number of hydrogen-bond donors (Lipinski definition) is 11. The van der Waals surface area contributed by atoms with Crippen LogP contribution in [0.4, 0.5) is 0 Å². The number of nitrogens with zero attached hydrogens (tertiary/aromatic N) is 1. The summed E-state index contributed by atoms with van der Waals surface area (Å²) in [6, 6.07) is 7.17. The van der Waals surface area contributed by atoms with Crippen LogP contribution < -0.4 is 32.3 Å². The Morgan fingerprint density at radius 2 is 1.27 bits per heavy atom. The molecule has 3 aromatic rings. The predicted molar refractivity (Wildman–Crippen MR) is 177 cm³/mol. The molecule has 0 bridgehead atoms. The SMILES string of the molecule is N[C@H](Cc1ccc(O)cc1)C(=O)N[C@H](Cc1cnc[nH]1)C(=O)N[C@H](Cc1ccc(O)cc1)C(=O)NCC(=O)NCC(=O)N[C@@H](CS)C(=O)O. The van der Waals surface area contributed by atoms with Crippen LogP contribution in [0.3, 0.4) is 0 Å². The van der Waals surface area contributed by atoms with Gasteiger partial charge in [0.15, 0.2) is 0 Å². The predicted octanol–water partition coefficient (Wildman–Crippen LogP) is -2.12. The minimum Gasteiger partial charge on any atom is -0.508 e. The quantitative estimate of drug-likeness (QED) is 0.0639. The van der Waals surface area contributed by atoms with Gasteiger partial charge in [-0.15, -0.1) is 0 Å². The lowest BCUT2D eigenvalue weighted by Crippen LogP contribution is -2.57. The van der Waals surface area contributed by atoms with Crippen molar-refractivity contribution in [2.45, 2.75) is 43.4 Å². The second-order valence-corrected chi connectivity index (χ2v) is 11.3. The monoisotopic (exact) mass is 698 g/mol. The van der Waals surface area contributed by atoms with Gasteiger partial charge in [-0.05, 0) is 41.8 Å². The number of nitrogens with two attached hydrogens (primary N) is 1. The fourth-order valence-electron chi connectivity index (χ4n) is 4.40. The molecule has 0 fully saturated rings. The van der Waals surface area contributed by atoms with E-state index in [0.717, 1.165) is 0 Å². The average molecular weight is 699 g/mol. The number of aliphatic carboxylic acids is 1. The maximum atomic E-state index is 13.6. The van der Waals surface area contributed by atoms with E-state index < -0.39 is 72.8 Å². The highest BCUT2D eigenvalue weighted by atomic mass is 32.1. The number of carbonyl (C=O) groups excluding carboxylic acids is 5. The van der Waals surface area contributed by atoms with E-state index in [2.05, 4.69) is 49.2 Å². The maximum absolute atomic E-state index is 13.6. The molecule has 0 radical (unpaired) electrons. The number of carboxylic acid groups (broad SMARTS) is 1. The van der Waals surface area contributed by atoms with E-state index in [1.807, 2.05) is 0 Å². The number of hydrogen-bond acceptors (Lipinski definition) is 11. The highest BCUT2D eigenvalue weighted by molar-refractivity contribution is 7.80. The van der Waals surface area contributed by atoms with Gasteiger partial charge in [0.25, 0.3) is 0 Å². The smallest absolute Gasteiger partial charge is 0.327 e. The van der Waals surface area contributed by atoms with Gasteiger partial charge in [0.1, 0.15) is 29.6 Å². The molecule has 18 heteroatoms. The van der Waals surface area contributed by atoms with Gasteiger partial charge in [0.2, 0.25) is 29.5 Å². The molecule has 11 N–H and O–H groups in total. The summed E-state index contributed by atoms with van der Waals surface area (Å²) in [7, 11) is 0. The number of carbonyl (C=O) groups is 6. The summed E-state index contributed by atoms with van der Waals surface area (Å²) >= 11 is 3.85. The van der Waals surface area contributed by atoms with Crippen molar-refractivity contribution in [1.29, 1.82) is 0 Å². The van der Waals surface area contributed by atoms with Crippen molar-refractivity contribution in [3.05, 3.63) is 77.9 Å². The Labute approximate surface area is 285 Å². The van der Waals surface area contributed by atoms with E-state index in [-0.39, 0.29) is 36.5 Å². The highest BCUT2D eigenvalue weighted by Crippen LogP contribution is 2.13. The Kier molecular flexibility index (Phi) is 14.4. The second-order valence-electron chi connectivity index (χ2n) is 10.9. The molecule has 0 saturated carbocycles. The standard InChI is InChI=1S/C31H38N8O9S/c32-22(9-17-1-5-20(40)6-2-17)28(44)38-24(11-19-12-33-16-36-19)30(46)39-23(10-18-3-7-21(41)8-4-18)29(45)35-13-26(42)34-14-27(43)37-25(15-49)31(47)48/h1-8,12,16,22-25,40-41,49H,9-11,13-15,32H2,(H,33,36)(H,34,42)(H,35,45)(H,37,43)(H,38,44)(H,39,46)(H,47,48)/t22-,23-,24-,25+/m1/s1. The molecule has 5 amide bonds. The van der Waals surface area contributed by atoms with E-state index in [1.165, 1.54) is 48.9 Å². The number of benzene rings is 2. The third-order valence-corrected chi connectivity index (χ3v) is 7.40. The van der Waals surface area contributed by atoms with Gasteiger partial charge in [-0.25, -0.2) is 9.78 Å². The molecule has 0 aliphatic heterocycles. The van der Waals surface area contributed by atoms with E-state index in [9.17, 15) is 39.0 Å². The number of phenolic OH excluding ortho intramolecular Hbond substituents is 2. The van der Waals surface area contributed by atoms with Crippen molar-refractivity contribution in [1.82, 2.24) is 36.6 Å². The van der Waals surface area contributed by atoms with Gasteiger partial charge >= 0.3 is 5.97 Å². The summed E-state index contributed by atoms with van der Waals surface area (Å²) in [4.78, 5) is 82.3. The fourth-order valence-corrected chi connectivity index (χ4v) is 4.64. The van der Waals surface area contributed by atoms with Gasteiger partial charge in [-0.2, -0.15) is 12.6 Å². The molecule has 1 heterocycles. The lowest BCUT2D eigenvalue weighted by molar-refractivity contribution is -0.141. The summed E-state index contributed by atoms with van der Waals surface area (Å²) in [6.45, 7) is -1.16. The van der Waals surface area contributed by atoms with Crippen molar-refractivity contribution in [2.75, 3.05) is 18.8 Å². The molecular weight excluding hydrogens is 660 g/mol. The molecule has 2 aromatic carbocycles. The summed E-state index contributed by atoms with van der Waals surface area (Å²) in [5, 5.41) is 40.3. The maximum Gasteiger partial charge on any atom is 0.327 e. The Balaban J connectivity index is 1.69. The number of aromatic nitrogens is 2. The van der Waals surface area contributed by atoms with Crippen LogP contribution in [0.2, 0.25) is 0 Å². The molecule has 0 aliphatic rings. The number of aromatic hydroxyl groups is 2. The summed E-state index contributed by atoms with van der Waals surface area (Å²) in [5.41, 5.74) is 7.84. The molecule has 17 nitrogen and oxygen atoms in total. The van der Waals surface area contributed by atoms with Crippen molar-refractivity contribution < 1.29 is 44.1 Å². The van der Waals surface area contributed by atoms with Gasteiger partial charge in [-0.1, -0.05) is 24.3 Å². The van der Waals surface area contributed by atoms with E-state index >= 15 is 0 Å². The minimum absolute atomic E-state index is 0.0236. The van der Waals surface area contributed by atoms with Crippen LogP contribution in [-0.2, 0) is 48.0 Å². The number of phenols is 2. The van der Waals surface area contributed by atoms with Crippen LogP contribution in [0.1, 0.15) is 16.8 Å². The zero-order valence-corrected chi connectivity index (χ0v) is 27.0. The Morgan fingerprint density at radius 1 is 0.714 bits per heavy atom. The third kappa shape index (κ3) is 12.8. The van der Waals surface area contributed by atoms with Gasteiger partial charge in [0.05, 0.1) is 25.5 Å². The second kappa shape index (κ2) is 18.6. The first-order valence-electron chi connectivity index (χ1n) is 14.9. The van der Waals surface area contributed by atoms with E-state index in [0.29, 0.717) is 16.8 Å².